The lowest BCUT2D eigenvalue weighted by Crippen LogP contribution is -2.79. The molecule has 136 valence electrons. The monoisotopic (exact) mass is 358 g/mol. The summed E-state index contributed by atoms with van der Waals surface area (Å²) >= 11 is 0. The van der Waals surface area contributed by atoms with Crippen molar-refractivity contribution in [1.82, 2.24) is 20.0 Å². The molecule has 2 unspecified atom stereocenters. The highest BCUT2D eigenvalue weighted by Crippen LogP contribution is 2.51. The molecule has 3 aromatic rings. The third kappa shape index (κ3) is 2.09. The molecule has 1 aromatic heterocycles. The molecule has 1 spiro atoms. The highest BCUT2D eigenvalue weighted by molar-refractivity contribution is 5.94. The van der Waals surface area contributed by atoms with Crippen LogP contribution >= 0.6 is 0 Å². The Balaban J connectivity index is 1.29. The number of fused-ring (bicyclic) bond motifs is 1. The van der Waals surface area contributed by atoms with Crippen LogP contribution in [0.2, 0.25) is 0 Å². The van der Waals surface area contributed by atoms with Crippen LogP contribution in [0.25, 0.3) is 22.0 Å². The summed E-state index contributed by atoms with van der Waals surface area (Å²) in [6.45, 7) is 3.04. The molecule has 6 rings (SSSR count). The molecule has 1 saturated carbocycles. The Kier molecular flexibility index (Phi) is 3.09. The molecule has 3 fully saturated rings. The zero-order valence-electron chi connectivity index (χ0n) is 15.2. The number of aromatic nitrogens is 2. The van der Waals surface area contributed by atoms with Gasteiger partial charge in [0.25, 0.3) is 5.91 Å². The van der Waals surface area contributed by atoms with E-state index in [4.69, 9.17) is 0 Å². The first-order valence-corrected chi connectivity index (χ1v) is 9.85. The molecule has 0 bridgehead atoms. The van der Waals surface area contributed by atoms with E-state index in [9.17, 15) is 4.79 Å². The number of aromatic amines is 1. The second kappa shape index (κ2) is 5.42. The van der Waals surface area contributed by atoms with Crippen molar-refractivity contribution in [3.63, 3.8) is 0 Å². The summed E-state index contributed by atoms with van der Waals surface area (Å²) in [6.07, 6.45) is 3.62. The van der Waals surface area contributed by atoms with Gasteiger partial charge in [-0.25, -0.2) is 0 Å². The van der Waals surface area contributed by atoms with Crippen LogP contribution in [-0.4, -0.2) is 57.1 Å². The minimum atomic E-state index is 0.102. The van der Waals surface area contributed by atoms with Crippen LogP contribution in [-0.2, 0) is 0 Å². The van der Waals surface area contributed by atoms with Crippen molar-refractivity contribution < 1.29 is 4.79 Å². The molecule has 2 atom stereocenters. The first kappa shape index (κ1) is 15.4. The van der Waals surface area contributed by atoms with Gasteiger partial charge >= 0.3 is 0 Å². The number of rotatable bonds is 2. The number of piperazine rings is 1. The van der Waals surface area contributed by atoms with E-state index >= 15 is 0 Å². The second-order valence-corrected chi connectivity index (χ2v) is 8.12. The van der Waals surface area contributed by atoms with Crippen molar-refractivity contribution in [2.45, 2.75) is 30.8 Å². The zero-order chi connectivity index (χ0) is 18.0. The lowest BCUT2D eigenvalue weighted by atomic mass is 9.61. The molecule has 5 heteroatoms. The Hall–Kier alpha value is -2.66. The topological polar surface area (TPSA) is 52.2 Å². The van der Waals surface area contributed by atoms with E-state index in [1.807, 2.05) is 18.2 Å². The Morgan fingerprint density at radius 3 is 2.70 bits per heavy atom. The van der Waals surface area contributed by atoms with Crippen LogP contribution < -0.4 is 0 Å². The van der Waals surface area contributed by atoms with Crippen molar-refractivity contribution in [3.05, 3.63) is 54.2 Å². The van der Waals surface area contributed by atoms with Crippen molar-refractivity contribution in [2.24, 2.45) is 0 Å². The summed E-state index contributed by atoms with van der Waals surface area (Å²) in [5.74, 6) is 0.102. The lowest BCUT2D eigenvalue weighted by Gasteiger charge is -2.68. The molecule has 3 heterocycles. The Morgan fingerprint density at radius 2 is 1.93 bits per heavy atom. The van der Waals surface area contributed by atoms with E-state index in [2.05, 4.69) is 50.3 Å². The fourth-order valence-corrected chi connectivity index (χ4v) is 5.31. The summed E-state index contributed by atoms with van der Waals surface area (Å²) in [5.41, 5.74) is 2.77. The lowest BCUT2D eigenvalue weighted by molar-refractivity contribution is -0.161. The van der Waals surface area contributed by atoms with Gasteiger partial charge in [-0.05, 0) is 42.2 Å². The number of nitrogens with zero attached hydrogens (tertiary/aromatic N) is 3. The van der Waals surface area contributed by atoms with Gasteiger partial charge in [0, 0.05) is 30.7 Å². The van der Waals surface area contributed by atoms with E-state index in [1.165, 1.54) is 30.2 Å². The first-order valence-electron chi connectivity index (χ1n) is 9.85. The molecule has 1 amide bonds. The first-order chi connectivity index (χ1) is 13.2. The number of carbonyl (C=O) groups is 1. The van der Waals surface area contributed by atoms with Gasteiger partial charge in [-0.1, -0.05) is 36.4 Å². The molecule has 5 nitrogen and oxygen atoms in total. The largest absolute Gasteiger partial charge is 0.331 e. The Morgan fingerprint density at radius 1 is 1.04 bits per heavy atom. The maximum Gasteiger partial charge on any atom is 0.272 e. The summed E-state index contributed by atoms with van der Waals surface area (Å²) in [5, 5.41) is 9.82. The minimum Gasteiger partial charge on any atom is -0.331 e. The van der Waals surface area contributed by atoms with Crippen LogP contribution in [0.5, 0.6) is 0 Å². The molecule has 1 N–H and O–H groups in total. The van der Waals surface area contributed by atoms with Crippen molar-refractivity contribution in [3.8, 4) is 11.3 Å². The summed E-state index contributed by atoms with van der Waals surface area (Å²) in [4.78, 5) is 17.8. The average molecular weight is 358 g/mol. The third-order valence-corrected chi connectivity index (χ3v) is 7.02. The van der Waals surface area contributed by atoms with E-state index in [1.54, 1.807) is 0 Å². The fraction of sp³-hybridized carbons (Fsp3) is 0.364. The molecule has 2 aromatic carbocycles. The van der Waals surface area contributed by atoms with Gasteiger partial charge in [0.2, 0.25) is 0 Å². The van der Waals surface area contributed by atoms with Gasteiger partial charge in [-0.2, -0.15) is 5.10 Å². The Labute approximate surface area is 158 Å². The average Bonchev–Trinajstić information content (AvgIpc) is 3.14. The predicted octanol–water partition coefficient (Wildman–Crippen LogP) is 3.29. The van der Waals surface area contributed by atoms with E-state index in [0.29, 0.717) is 17.3 Å². The summed E-state index contributed by atoms with van der Waals surface area (Å²) in [6, 6.07) is 16.9. The van der Waals surface area contributed by atoms with Gasteiger partial charge in [0.1, 0.15) is 5.69 Å². The van der Waals surface area contributed by atoms with Gasteiger partial charge in [-0.3, -0.25) is 14.8 Å². The SMILES string of the molecule is O=C(c1cc(-c2ccc3ccccc3c2)n[nH]1)N1CCN2CCC23CCC13. The molecule has 27 heavy (non-hydrogen) atoms. The summed E-state index contributed by atoms with van der Waals surface area (Å²) in [7, 11) is 0. The quantitative estimate of drug-likeness (QED) is 0.765. The maximum absolute atomic E-state index is 13.2. The standard InChI is InChI=1S/C22H22N4O/c27-21(26-12-11-25-10-9-22(25)8-7-20(22)26)19-14-18(23-24-19)17-6-5-15-3-1-2-4-16(15)13-17/h1-6,13-14,20H,7-12H2,(H,23,24). The number of hydrogen-bond acceptors (Lipinski definition) is 3. The number of benzene rings is 2. The normalized spacial score (nSPS) is 26.8. The number of carbonyl (C=O) groups excluding carboxylic acids is 1. The number of nitrogens with one attached hydrogen (secondary N) is 1. The fourth-order valence-electron chi connectivity index (χ4n) is 5.31. The molecule has 1 aliphatic carbocycles. The second-order valence-electron chi connectivity index (χ2n) is 8.12. The van der Waals surface area contributed by atoms with Crippen LogP contribution in [0.1, 0.15) is 29.8 Å². The van der Waals surface area contributed by atoms with Crippen LogP contribution in [0, 0.1) is 0 Å². The zero-order valence-corrected chi connectivity index (χ0v) is 15.2. The van der Waals surface area contributed by atoms with Gasteiger partial charge < -0.3 is 4.90 Å². The Bertz CT molecular complexity index is 1050. The van der Waals surface area contributed by atoms with E-state index < -0.39 is 0 Å². The smallest absolute Gasteiger partial charge is 0.272 e. The van der Waals surface area contributed by atoms with Crippen molar-refractivity contribution in [1.29, 1.82) is 0 Å². The molecule has 2 saturated heterocycles. The number of hydrogen-bond donors (Lipinski definition) is 1. The molecule has 0 radical (unpaired) electrons. The van der Waals surface area contributed by atoms with Crippen LogP contribution in [0.15, 0.2) is 48.5 Å². The molecule has 2 aliphatic heterocycles. The predicted molar refractivity (Wildman–Crippen MR) is 105 cm³/mol. The van der Waals surface area contributed by atoms with Crippen LogP contribution in [0.4, 0.5) is 0 Å². The number of amides is 1. The van der Waals surface area contributed by atoms with Crippen LogP contribution in [0.3, 0.4) is 0 Å². The van der Waals surface area contributed by atoms with E-state index in [0.717, 1.165) is 30.8 Å². The molecular weight excluding hydrogens is 336 g/mol. The van der Waals surface area contributed by atoms with E-state index in [-0.39, 0.29) is 5.91 Å². The highest BCUT2D eigenvalue weighted by Gasteiger charge is 2.61. The molecular formula is C22H22N4O. The van der Waals surface area contributed by atoms with Gasteiger partial charge in [0.15, 0.2) is 0 Å². The summed E-state index contributed by atoms with van der Waals surface area (Å²) < 4.78 is 0. The minimum absolute atomic E-state index is 0.102. The number of H-pyrrole nitrogens is 1. The highest BCUT2D eigenvalue weighted by atomic mass is 16.2. The van der Waals surface area contributed by atoms with Crippen molar-refractivity contribution >= 4 is 16.7 Å². The van der Waals surface area contributed by atoms with Crippen molar-refractivity contribution in [2.75, 3.05) is 19.6 Å². The maximum atomic E-state index is 13.2. The molecule has 3 aliphatic rings. The third-order valence-electron chi connectivity index (χ3n) is 7.02. The van der Waals surface area contributed by atoms with Gasteiger partial charge in [0.05, 0.1) is 11.7 Å². The van der Waals surface area contributed by atoms with Gasteiger partial charge in [-0.15, -0.1) is 0 Å².